The Balaban J connectivity index is 1.44. The van der Waals surface area contributed by atoms with Crippen molar-refractivity contribution in [3.63, 3.8) is 0 Å². The number of nitrogens with zero attached hydrogens (tertiary/aromatic N) is 3. The summed E-state index contributed by atoms with van der Waals surface area (Å²) in [6.45, 7) is 1.97. The fourth-order valence-electron chi connectivity index (χ4n) is 3.32. The Morgan fingerprint density at radius 2 is 1.91 bits per heavy atom. The molecule has 34 heavy (non-hydrogen) atoms. The molecule has 0 radical (unpaired) electrons. The highest BCUT2D eigenvalue weighted by atomic mass is 32.2. The van der Waals surface area contributed by atoms with E-state index in [9.17, 15) is 9.59 Å². The maximum atomic E-state index is 12.4. The van der Waals surface area contributed by atoms with E-state index in [1.807, 2.05) is 41.0 Å². The first-order chi connectivity index (χ1) is 16.5. The SMILES string of the molecule is COc1cccc(-c2nnc(SCCC(=O)Nc3ccc(C(C)=O)cc3)n2Cc2ccco2)c1. The Hall–Kier alpha value is -3.85. The molecule has 2 heterocycles. The Morgan fingerprint density at radius 1 is 1.09 bits per heavy atom. The van der Waals surface area contributed by atoms with Gasteiger partial charge in [-0.3, -0.25) is 14.2 Å². The van der Waals surface area contributed by atoms with Gasteiger partial charge < -0.3 is 14.5 Å². The van der Waals surface area contributed by atoms with Crippen molar-refractivity contribution >= 4 is 29.1 Å². The van der Waals surface area contributed by atoms with Gasteiger partial charge in [0.15, 0.2) is 16.8 Å². The van der Waals surface area contributed by atoms with E-state index in [1.54, 1.807) is 37.6 Å². The van der Waals surface area contributed by atoms with E-state index in [2.05, 4.69) is 15.5 Å². The Morgan fingerprint density at radius 3 is 2.62 bits per heavy atom. The van der Waals surface area contributed by atoms with Crippen LogP contribution in [-0.2, 0) is 11.3 Å². The highest BCUT2D eigenvalue weighted by molar-refractivity contribution is 7.99. The fraction of sp³-hybridized carbons (Fsp3) is 0.200. The molecule has 0 saturated carbocycles. The van der Waals surface area contributed by atoms with Crippen LogP contribution in [0.2, 0.25) is 0 Å². The molecule has 0 unspecified atom stereocenters. The van der Waals surface area contributed by atoms with Crippen LogP contribution in [0, 0.1) is 0 Å². The number of nitrogens with one attached hydrogen (secondary N) is 1. The van der Waals surface area contributed by atoms with Crippen molar-refractivity contribution < 1.29 is 18.7 Å². The Bertz CT molecular complexity index is 1270. The Kier molecular flexibility index (Phi) is 7.44. The molecule has 0 spiro atoms. The lowest BCUT2D eigenvalue weighted by atomic mass is 10.1. The summed E-state index contributed by atoms with van der Waals surface area (Å²) in [5, 5.41) is 12.3. The molecule has 2 aromatic heterocycles. The normalized spacial score (nSPS) is 10.8. The predicted octanol–water partition coefficient (Wildman–Crippen LogP) is 4.92. The Labute approximate surface area is 201 Å². The molecule has 0 fully saturated rings. The molecule has 0 aliphatic rings. The number of aromatic nitrogens is 3. The first-order valence-corrected chi connectivity index (χ1v) is 11.7. The van der Waals surface area contributed by atoms with Crippen LogP contribution in [0.4, 0.5) is 5.69 Å². The first kappa shape index (κ1) is 23.3. The number of hydrogen-bond donors (Lipinski definition) is 1. The summed E-state index contributed by atoms with van der Waals surface area (Å²) >= 11 is 1.45. The predicted molar refractivity (Wildman–Crippen MR) is 130 cm³/mol. The van der Waals surface area contributed by atoms with Crippen molar-refractivity contribution in [2.24, 2.45) is 0 Å². The van der Waals surface area contributed by atoms with Crippen molar-refractivity contribution in [3.05, 3.63) is 78.3 Å². The number of methoxy groups -OCH3 is 1. The van der Waals surface area contributed by atoms with Crippen LogP contribution in [-0.4, -0.2) is 39.3 Å². The smallest absolute Gasteiger partial charge is 0.225 e. The monoisotopic (exact) mass is 476 g/mol. The number of Topliss-reactive ketones (excluding diaryl/α,β-unsaturated/α-hetero) is 1. The van der Waals surface area contributed by atoms with E-state index >= 15 is 0 Å². The minimum Gasteiger partial charge on any atom is -0.497 e. The quantitative estimate of drug-likeness (QED) is 0.256. The number of thioether (sulfide) groups is 1. The van der Waals surface area contributed by atoms with Gasteiger partial charge in [-0.2, -0.15) is 0 Å². The van der Waals surface area contributed by atoms with E-state index in [-0.39, 0.29) is 11.7 Å². The second kappa shape index (κ2) is 10.8. The molecule has 4 rings (SSSR count). The van der Waals surface area contributed by atoms with Gasteiger partial charge in [-0.25, -0.2) is 0 Å². The molecule has 0 aliphatic carbocycles. The highest BCUT2D eigenvalue weighted by Gasteiger charge is 2.17. The van der Waals surface area contributed by atoms with E-state index in [4.69, 9.17) is 9.15 Å². The van der Waals surface area contributed by atoms with Crippen LogP contribution >= 0.6 is 11.8 Å². The van der Waals surface area contributed by atoms with Gasteiger partial charge in [0.1, 0.15) is 11.5 Å². The van der Waals surface area contributed by atoms with Crippen LogP contribution in [0.1, 0.15) is 29.5 Å². The molecule has 0 saturated heterocycles. The van der Waals surface area contributed by atoms with Gasteiger partial charge in [0.25, 0.3) is 0 Å². The molecular weight excluding hydrogens is 452 g/mol. The fourth-order valence-corrected chi connectivity index (χ4v) is 4.19. The molecule has 2 aromatic carbocycles. The second-order valence-corrected chi connectivity index (χ2v) is 8.55. The third-order valence-corrected chi connectivity index (χ3v) is 6.04. The lowest BCUT2D eigenvalue weighted by Gasteiger charge is -2.10. The van der Waals surface area contributed by atoms with Gasteiger partial charge >= 0.3 is 0 Å². The van der Waals surface area contributed by atoms with Crippen molar-refractivity contribution in [2.75, 3.05) is 18.2 Å². The van der Waals surface area contributed by atoms with Crippen molar-refractivity contribution in [1.29, 1.82) is 0 Å². The number of ketones is 1. The molecule has 9 heteroatoms. The van der Waals surface area contributed by atoms with Crippen LogP contribution in [0.25, 0.3) is 11.4 Å². The number of carbonyl (C=O) groups excluding carboxylic acids is 2. The number of hydrogen-bond acceptors (Lipinski definition) is 7. The summed E-state index contributed by atoms with van der Waals surface area (Å²) < 4.78 is 12.8. The molecule has 0 aliphatic heterocycles. The van der Waals surface area contributed by atoms with Crippen molar-refractivity contribution in [3.8, 4) is 17.1 Å². The lowest BCUT2D eigenvalue weighted by molar-refractivity contribution is -0.115. The summed E-state index contributed by atoms with van der Waals surface area (Å²) in [5.74, 6) is 2.58. The van der Waals surface area contributed by atoms with Crippen LogP contribution in [0.5, 0.6) is 5.75 Å². The zero-order valence-corrected chi connectivity index (χ0v) is 19.7. The van der Waals surface area contributed by atoms with E-state index in [0.29, 0.717) is 41.0 Å². The van der Waals surface area contributed by atoms with Crippen molar-refractivity contribution in [2.45, 2.75) is 25.0 Å². The van der Waals surface area contributed by atoms with E-state index in [0.717, 1.165) is 17.1 Å². The van der Waals surface area contributed by atoms with Gasteiger partial charge in [0, 0.05) is 29.0 Å². The number of benzene rings is 2. The zero-order chi connectivity index (χ0) is 23.9. The summed E-state index contributed by atoms with van der Waals surface area (Å²) in [4.78, 5) is 23.8. The molecule has 0 atom stereocenters. The minimum absolute atomic E-state index is 0.0127. The summed E-state index contributed by atoms with van der Waals surface area (Å²) in [7, 11) is 1.62. The first-order valence-electron chi connectivity index (χ1n) is 10.7. The van der Waals surface area contributed by atoms with Gasteiger partial charge in [0.2, 0.25) is 5.91 Å². The van der Waals surface area contributed by atoms with Crippen LogP contribution in [0.3, 0.4) is 0 Å². The molecule has 8 nitrogen and oxygen atoms in total. The average Bonchev–Trinajstić information content (AvgIpc) is 3.50. The van der Waals surface area contributed by atoms with Crippen LogP contribution in [0.15, 0.2) is 76.5 Å². The van der Waals surface area contributed by atoms with E-state index in [1.165, 1.54) is 18.7 Å². The molecule has 1 N–H and O–H groups in total. The number of amides is 1. The molecule has 4 aromatic rings. The maximum absolute atomic E-state index is 12.4. The second-order valence-electron chi connectivity index (χ2n) is 7.48. The average molecular weight is 477 g/mol. The van der Waals surface area contributed by atoms with Crippen LogP contribution < -0.4 is 10.1 Å². The largest absolute Gasteiger partial charge is 0.497 e. The number of anilines is 1. The maximum Gasteiger partial charge on any atom is 0.225 e. The molecule has 174 valence electrons. The van der Waals surface area contributed by atoms with Gasteiger partial charge in [-0.15, -0.1) is 10.2 Å². The standard InChI is InChI=1S/C25H24N4O4S/c1-17(30)18-8-10-20(11-9-18)26-23(31)12-14-34-25-28-27-24(19-5-3-6-21(15-19)32-2)29(25)16-22-7-4-13-33-22/h3-11,13,15H,12,14,16H2,1-2H3,(H,26,31). The third-order valence-electron chi connectivity index (χ3n) is 5.07. The molecule has 1 amide bonds. The third kappa shape index (κ3) is 5.74. The molecular formula is C25H24N4O4S. The van der Waals surface area contributed by atoms with Crippen molar-refractivity contribution in [1.82, 2.24) is 14.8 Å². The lowest BCUT2D eigenvalue weighted by Crippen LogP contribution is -2.12. The van der Waals surface area contributed by atoms with Gasteiger partial charge in [0.05, 0.1) is 19.9 Å². The molecule has 0 bridgehead atoms. The van der Waals surface area contributed by atoms with Gasteiger partial charge in [-0.05, 0) is 55.5 Å². The number of furan rings is 1. The summed E-state index contributed by atoms with van der Waals surface area (Å²) in [6.07, 6.45) is 1.92. The number of rotatable bonds is 10. The number of carbonyl (C=O) groups is 2. The highest BCUT2D eigenvalue weighted by Crippen LogP contribution is 2.28. The topological polar surface area (TPSA) is 99.3 Å². The van der Waals surface area contributed by atoms with Gasteiger partial charge in [-0.1, -0.05) is 23.9 Å². The number of ether oxygens (including phenoxy) is 1. The van der Waals surface area contributed by atoms with E-state index < -0.39 is 0 Å². The summed E-state index contributed by atoms with van der Waals surface area (Å²) in [5.41, 5.74) is 2.13. The minimum atomic E-state index is -0.117. The summed E-state index contributed by atoms with van der Waals surface area (Å²) in [6, 6.07) is 18.2. The zero-order valence-electron chi connectivity index (χ0n) is 18.9.